The zero-order chi connectivity index (χ0) is 15.3. The molecular weight excluding hydrogens is 288 g/mol. The van der Waals surface area contributed by atoms with Gasteiger partial charge in [0.15, 0.2) is 0 Å². The van der Waals surface area contributed by atoms with Crippen LogP contribution in [0, 0.1) is 0 Å². The summed E-state index contributed by atoms with van der Waals surface area (Å²) in [5.74, 6) is 0. The van der Waals surface area contributed by atoms with Gasteiger partial charge < -0.3 is 10.1 Å². The van der Waals surface area contributed by atoms with Gasteiger partial charge in [-0.2, -0.15) is 4.31 Å². The second kappa shape index (κ2) is 7.35. The van der Waals surface area contributed by atoms with Gasteiger partial charge in [-0.05, 0) is 31.2 Å². The lowest BCUT2D eigenvalue weighted by atomic mass is 10.1. The number of sulfonamides is 1. The average Bonchev–Trinajstić information content (AvgIpc) is 2.49. The molecule has 0 aliphatic carbocycles. The third-order valence-electron chi connectivity index (χ3n) is 3.63. The molecule has 0 spiro atoms. The fraction of sp³-hybridized carbons (Fsp3) is 0.600. The fourth-order valence-corrected chi connectivity index (χ4v) is 3.98. The Morgan fingerprint density at radius 3 is 2.67 bits per heavy atom. The van der Waals surface area contributed by atoms with E-state index in [0.29, 0.717) is 31.1 Å². The van der Waals surface area contributed by atoms with E-state index in [2.05, 4.69) is 12.2 Å². The Bertz CT molecular complexity index is 541. The van der Waals surface area contributed by atoms with E-state index in [1.807, 2.05) is 19.2 Å². The largest absolute Gasteiger partial charge is 0.374 e. The first-order chi connectivity index (χ1) is 10.1. The Kier molecular flexibility index (Phi) is 5.75. The molecule has 1 unspecified atom stereocenters. The van der Waals surface area contributed by atoms with Crippen molar-refractivity contribution in [3.63, 3.8) is 0 Å². The minimum atomic E-state index is -3.42. The van der Waals surface area contributed by atoms with Crippen LogP contribution in [0.1, 0.15) is 18.9 Å². The van der Waals surface area contributed by atoms with Gasteiger partial charge >= 0.3 is 0 Å². The molecule has 1 fully saturated rings. The van der Waals surface area contributed by atoms with Crippen molar-refractivity contribution in [2.75, 3.05) is 33.3 Å². The number of aryl methyl sites for hydroxylation is 1. The van der Waals surface area contributed by atoms with Crippen molar-refractivity contribution in [2.45, 2.75) is 30.8 Å². The molecule has 1 heterocycles. The molecule has 21 heavy (non-hydrogen) atoms. The van der Waals surface area contributed by atoms with E-state index in [1.165, 1.54) is 9.87 Å². The smallest absolute Gasteiger partial charge is 0.243 e. The number of nitrogens with one attached hydrogen (secondary N) is 1. The van der Waals surface area contributed by atoms with E-state index in [9.17, 15) is 8.42 Å². The maximum atomic E-state index is 12.7. The second-order valence-electron chi connectivity index (χ2n) is 5.31. The molecule has 1 aliphatic heterocycles. The normalized spacial score (nSPS) is 20.6. The SMILES string of the molecule is CCCc1ccc(S(=O)(=O)N2CCOC(CNC)C2)cc1. The maximum absolute atomic E-state index is 12.7. The van der Waals surface area contributed by atoms with E-state index < -0.39 is 10.0 Å². The summed E-state index contributed by atoms with van der Waals surface area (Å²) in [6.07, 6.45) is 1.95. The first-order valence-electron chi connectivity index (χ1n) is 7.43. The zero-order valence-electron chi connectivity index (χ0n) is 12.7. The highest BCUT2D eigenvalue weighted by molar-refractivity contribution is 7.89. The minimum Gasteiger partial charge on any atom is -0.374 e. The predicted octanol–water partition coefficient (Wildman–Crippen LogP) is 1.25. The first kappa shape index (κ1) is 16.4. The van der Waals surface area contributed by atoms with Gasteiger partial charge in [-0.15, -0.1) is 0 Å². The summed E-state index contributed by atoms with van der Waals surface area (Å²) in [4.78, 5) is 0.368. The third-order valence-corrected chi connectivity index (χ3v) is 5.51. The third kappa shape index (κ3) is 4.03. The van der Waals surface area contributed by atoms with Gasteiger partial charge in [0.25, 0.3) is 0 Å². The van der Waals surface area contributed by atoms with Crippen molar-refractivity contribution < 1.29 is 13.2 Å². The zero-order valence-corrected chi connectivity index (χ0v) is 13.5. The Morgan fingerprint density at radius 2 is 2.05 bits per heavy atom. The average molecular weight is 312 g/mol. The molecule has 0 bridgehead atoms. The van der Waals surface area contributed by atoms with Gasteiger partial charge in [0, 0.05) is 19.6 Å². The summed E-state index contributed by atoms with van der Waals surface area (Å²) >= 11 is 0. The Labute approximate surface area is 127 Å². The Morgan fingerprint density at radius 1 is 1.33 bits per heavy atom. The van der Waals surface area contributed by atoms with Gasteiger partial charge in [-0.3, -0.25) is 0 Å². The number of hydrogen-bond donors (Lipinski definition) is 1. The summed E-state index contributed by atoms with van der Waals surface area (Å²) in [7, 11) is -1.58. The second-order valence-corrected chi connectivity index (χ2v) is 7.25. The van der Waals surface area contributed by atoms with Crippen LogP contribution >= 0.6 is 0 Å². The van der Waals surface area contributed by atoms with Crippen molar-refractivity contribution >= 4 is 10.0 Å². The summed E-state index contributed by atoms with van der Waals surface area (Å²) < 4.78 is 32.4. The van der Waals surface area contributed by atoms with Crippen LogP contribution in [0.15, 0.2) is 29.2 Å². The summed E-state index contributed by atoms with van der Waals surface area (Å²) in [6, 6.07) is 7.23. The lowest BCUT2D eigenvalue weighted by Crippen LogP contribution is -2.48. The number of rotatable bonds is 6. The number of likely N-dealkylation sites (N-methyl/N-ethyl adjacent to an activating group) is 1. The van der Waals surface area contributed by atoms with Crippen LogP contribution in [0.4, 0.5) is 0 Å². The van der Waals surface area contributed by atoms with Crippen LogP contribution in [-0.4, -0.2) is 52.1 Å². The molecule has 1 atom stereocenters. The molecule has 0 saturated carbocycles. The van der Waals surface area contributed by atoms with E-state index in [1.54, 1.807) is 12.1 Å². The van der Waals surface area contributed by atoms with E-state index >= 15 is 0 Å². The first-order valence-corrected chi connectivity index (χ1v) is 8.87. The van der Waals surface area contributed by atoms with Gasteiger partial charge in [0.1, 0.15) is 0 Å². The van der Waals surface area contributed by atoms with Crippen LogP contribution in [-0.2, 0) is 21.2 Å². The van der Waals surface area contributed by atoms with Crippen LogP contribution in [0.25, 0.3) is 0 Å². The van der Waals surface area contributed by atoms with E-state index in [4.69, 9.17) is 4.74 Å². The molecule has 2 rings (SSSR count). The highest BCUT2D eigenvalue weighted by Crippen LogP contribution is 2.19. The highest BCUT2D eigenvalue weighted by Gasteiger charge is 2.30. The molecule has 5 nitrogen and oxygen atoms in total. The summed E-state index contributed by atoms with van der Waals surface area (Å²) in [5.41, 5.74) is 1.17. The molecule has 0 radical (unpaired) electrons. The van der Waals surface area contributed by atoms with Gasteiger partial charge in [0.2, 0.25) is 10.0 Å². The highest BCUT2D eigenvalue weighted by atomic mass is 32.2. The maximum Gasteiger partial charge on any atom is 0.243 e. The van der Waals surface area contributed by atoms with Crippen molar-refractivity contribution in [1.82, 2.24) is 9.62 Å². The van der Waals surface area contributed by atoms with Crippen LogP contribution in [0.3, 0.4) is 0 Å². The standard InChI is InChI=1S/C15H24N2O3S/c1-3-4-13-5-7-15(8-6-13)21(18,19)17-9-10-20-14(12-17)11-16-2/h5-8,14,16H,3-4,9-12H2,1-2H3. The minimum absolute atomic E-state index is 0.0853. The summed E-state index contributed by atoms with van der Waals surface area (Å²) in [6.45, 7) is 4.03. The van der Waals surface area contributed by atoms with Gasteiger partial charge in [0.05, 0.1) is 17.6 Å². The van der Waals surface area contributed by atoms with Crippen LogP contribution in [0.2, 0.25) is 0 Å². The molecule has 6 heteroatoms. The Balaban J connectivity index is 2.13. The molecule has 1 saturated heterocycles. The van der Waals surface area contributed by atoms with E-state index in [-0.39, 0.29) is 6.10 Å². The van der Waals surface area contributed by atoms with Crippen molar-refractivity contribution in [1.29, 1.82) is 0 Å². The number of benzene rings is 1. The van der Waals surface area contributed by atoms with Crippen LogP contribution < -0.4 is 5.32 Å². The molecule has 118 valence electrons. The molecular formula is C15H24N2O3S. The molecule has 0 amide bonds. The fourth-order valence-electron chi connectivity index (χ4n) is 2.53. The van der Waals surface area contributed by atoms with Crippen molar-refractivity contribution in [2.24, 2.45) is 0 Å². The topological polar surface area (TPSA) is 58.6 Å². The number of hydrogen-bond acceptors (Lipinski definition) is 4. The lowest BCUT2D eigenvalue weighted by Gasteiger charge is -2.32. The lowest BCUT2D eigenvalue weighted by molar-refractivity contribution is 0.000824. The van der Waals surface area contributed by atoms with Gasteiger partial charge in [-0.1, -0.05) is 25.5 Å². The molecule has 1 N–H and O–H groups in total. The molecule has 1 aromatic rings. The Hall–Kier alpha value is -0.950. The van der Waals surface area contributed by atoms with Gasteiger partial charge in [-0.25, -0.2) is 8.42 Å². The number of ether oxygens (including phenoxy) is 1. The van der Waals surface area contributed by atoms with Crippen molar-refractivity contribution in [3.8, 4) is 0 Å². The molecule has 1 aromatic carbocycles. The summed E-state index contributed by atoms with van der Waals surface area (Å²) in [5, 5.41) is 3.02. The van der Waals surface area contributed by atoms with E-state index in [0.717, 1.165) is 12.8 Å². The van der Waals surface area contributed by atoms with Crippen molar-refractivity contribution in [3.05, 3.63) is 29.8 Å². The molecule has 0 aromatic heterocycles. The quantitative estimate of drug-likeness (QED) is 0.859. The monoisotopic (exact) mass is 312 g/mol. The predicted molar refractivity (Wildman–Crippen MR) is 82.9 cm³/mol. The number of nitrogens with zero attached hydrogens (tertiary/aromatic N) is 1. The molecule has 1 aliphatic rings. The number of morpholine rings is 1. The van der Waals surface area contributed by atoms with Crippen LogP contribution in [0.5, 0.6) is 0 Å².